The van der Waals surface area contributed by atoms with Crippen molar-refractivity contribution in [3.63, 3.8) is 0 Å². The summed E-state index contributed by atoms with van der Waals surface area (Å²) in [5.74, 6) is -2.15. The fourth-order valence-electron chi connectivity index (χ4n) is 1.39. The number of allylic oxidation sites excluding steroid dienone is 5. The van der Waals surface area contributed by atoms with E-state index in [9.17, 15) is 19.8 Å². The molecular formula is C29H58O13. The Balaban J connectivity index is -0.0000000871. The maximum atomic E-state index is 9.67. The van der Waals surface area contributed by atoms with Crippen LogP contribution < -0.4 is 0 Å². The average molecular weight is 615 g/mol. The van der Waals surface area contributed by atoms with Crippen LogP contribution in [0, 0.1) is 10.8 Å². The van der Waals surface area contributed by atoms with Gasteiger partial charge in [0, 0.05) is 0 Å². The van der Waals surface area contributed by atoms with Crippen LogP contribution in [0.3, 0.4) is 0 Å². The molecule has 0 heterocycles. The normalized spacial score (nSPS) is 10.6. The van der Waals surface area contributed by atoms with Gasteiger partial charge in [0.25, 0.3) is 0 Å². The smallest absolute Gasteiger partial charge is 0.303 e. The number of hydrogen-bond acceptors (Lipinski definition) is 11. The minimum Gasteiger partial charge on any atom is -0.481 e. The highest BCUT2D eigenvalue weighted by atomic mass is 16.7. The van der Waals surface area contributed by atoms with Gasteiger partial charge in [-0.3, -0.25) is 9.59 Å². The molecule has 0 fully saturated rings. The molecule has 13 nitrogen and oxygen atoms in total. The molecule has 0 aliphatic heterocycles. The first-order valence-corrected chi connectivity index (χ1v) is 12.6. The van der Waals surface area contributed by atoms with Gasteiger partial charge in [-0.15, -0.1) is 32.9 Å². The molecule has 0 saturated carbocycles. The van der Waals surface area contributed by atoms with Crippen LogP contribution in [0.4, 0.5) is 0 Å². The molecule has 0 spiro atoms. The zero-order valence-electron chi connectivity index (χ0n) is 25.9. The lowest BCUT2D eigenvalue weighted by Crippen LogP contribution is -2.53. The Bertz CT molecular complexity index is 540. The molecule has 0 aromatic heterocycles. The highest BCUT2D eigenvalue weighted by Crippen LogP contribution is 2.28. The van der Waals surface area contributed by atoms with E-state index in [0.29, 0.717) is 0 Å². The first-order valence-electron chi connectivity index (χ1n) is 12.6. The minimum absolute atomic E-state index is 0.296. The number of rotatable bonds is 13. The van der Waals surface area contributed by atoms with Crippen molar-refractivity contribution in [3.8, 4) is 0 Å². The fourth-order valence-corrected chi connectivity index (χ4v) is 1.39. The van der Waals surface area contributed by atoms with Crippen LogP contribution in [0.1, 0.15) is 47.5 Å². The zero-order valence-corrected chi connectivity index (χ0v) is 25.9. The van der Waals surface area contributed by atoms with E-state index < -0.39 is 75.0 Å². The summed E-state index contributed by atoms with van der Waals surface area (Å²) in [6, 6.07) is 0. The summed E-state index contributed by atoms with van der Waals surface area (Å²) in [7, 11) is 0. The van der Waals surface area contributed by atoms with Gasteiger partial charge in [0.1, 0.15) is 0 Å². The zero-order chi connectivity index (χ0) is 35.2. The molecule has 0 aliphatic carbocycles. The van der Waals surface area contributed by atoms with Gasteiger partial charge in [0.05, 0.1) is 63.3 Å². The van der Waals surface area contributed by atoms with Crippen molar-refractivity contribution in [1.29, 1.82) is 0 Å². The van der Waals surface area contributed by atoms with Crippen LogP contribution >= 0.6 is 0 Å². The van der Waals surface area contributed by atoms with E-state index >= 15 is 0 Å². The quantitative estimate of drug-likeness (QED) is 0.104. The van der Waals surface area contributed by atoms with E-state index in [4.69, 9.17) is 40.9 Å². The minimum atomic E-state index is -1.98. The molecule has 0 aliphatic rings. The summed E-state index contributed by atoms with van der Waals surface area (Å²) < 4.78 is 4.68. The number of aliphatic hydroxyl groups excluding tert-OH is 8. The molecule has 0 radical (unpaired) electrons. The molecular weight excluding hydrogens is 556 g/mol. The van der Waals surface area contributed by atoms with Crippen LogP contribution in [-0.4, -0.2) is 115 Å². The standard InChI is InChI=1S/C10H22O9.C4H6O4.5C3H6/c11-1-9(2-12,3-13)7(17)19-8(18)10(4-14,5-15)6-16;5-3(6)1-2-4(7)8;5*1-3-2/h7-8,11-18H,1-6H2;1-2H2,(H,5,6)(H,7,8);5*3H,1H2,2H3. The largest absolute Gasteiger partial charge is 0.481 e. The summed E-state index contributed by atoms with van der Waals surface area (Å²) >= 11 is 0. The molecule has 0 saturated heterocycles. The first kappa shape index (κ1) is 55.2. The van der Waals surface area contributed by atoms with Gasteiger partial charge < -0.3 is 55.8 Å². The molecule has 0 bridgehead atoms. The van der Waals surface area contributed by atoms with Gasteiger partial charge in [-0.2, -0.15) is 0 Å². The average Bonchev–Trinajstić information content (AvgIpc) is 2.93. The highest BCUT2D eigenvalue weighted by Gasteiger charge is 2.44. The second kappa shape index (κ2) is 42.7. The molecule has 0 aromatic carbocycles. The molecule has 13 heteroatoms. The first-order chi connectivity index (χ1) is 19.6. The van der Waals surface area contributed by atoms with E-state index in [1.807, 2.05) is 34.6 Å². The molecule has 252 valence electrons. The summed E-state index contributed by atoms with van der Waals surface area (Å²) in [6.45, 7) is 21.2. The number of carboxylic acids is 2. The maximum absolute atomic E-state index is 9.67. The van der Waals surface area contributed by atoms with Crippen LogP contribution in [0.2, 0.25) is 0 Å². The third-order valence-electron chi connectivity index (χ3n) is 3.75. The summed E-state index contributed by atoms with van der Waals surface area (Å²) in [6.07, 6.45) is 4.20. The van der Waals surface area contributed by atoms with E-state index in [0.717, 1.165) is 0 Å². The van der Waals surface area contributed by atoms with Crippen molar-refractivity contribution in [3.05, 3.63) is 63.3 Å². The molecule has 2 atom stereocenters. The van der Waals surface area contributed by atoms with E-state index in [1.165, 1.54) is 0 Å². The lowest BCUT2D eigenvalue weighted by atomic mass is 9.88. The molecule has 0 aromatic rings. The van der Waals surface area contributed by atoms with Gasteiger partial charge in [-0.1, -0.05) is 30.4 Å². The highest BCUT2D eigenvalue weighted by molar-refractivity contribution is 5.75. The van der Waals surface area contributed by atoms with Crippen LogP contribution in [0.5, 0.6) is 0 Å². The van der Waals surface area contributed by atoms with Gasteiger partial charge in [0.15, 0.2) is 12.6 Å². The number of hydrogen-bond donors (Lipinski definition) is 10. The van der Waals surface area contributed by atoms with Crippen LogP contribution in [0.15, 0.2) is 63.3 Å². The van der Waals surface area contributed by atoms with Crippen molar-refractivity contribution < 1.29 is 65.4 Å². The lowest BCUT2D eigenvalue weighted by Gasteiger charge is -2.38. The SMILES string of the molecule is C=CC.C=CC.C=CC.C=CC.C=CC.O=C(O)CCC(=O)O.OCC(CO)(CO)C(O)OC(O)C(CO)(CO)CO. The van der Waals surface area contributed by atoms with Gasteiger partial charge in [0.2, 0.25) is 0 Å². The maximum Gasteiger partial charge on any atom is 0.303 e. The number of aliphatic hydroxyl groups is 8. The fraction of sp³-hybridized carbons (Fsp3) is 0.586. The molecule has 0 amide bonds. The van der Waals surface area contributed by atoms with E-state index in [-0.39, 0.29) is 12.8 Å². The van der Waals surface area contributed by atoms with Gasteiger partial charge in [-0.25, -0.2) is 0 Å². The molecule has 2 unspecified atom stereocenters. The van der Waals surface area contributed by atoms with Crippen LogP contribution in [0.25, 0.3) is 0 Å². The Hall–Kier alpha value is -2.72. The topological polar surface area (TPSA) is 246 Å². The van der Waals surface area contributed by atoms with Crippen molar-refractivity contribution in [1.82, 2.24) is 0 Å². The monoisotopic (exact) mass is 614 g/mol. The second-order valence-electron chi connectivity index (χ2n) is 7.84. The predicted molar refractivity (Wildman–Crippen MR) is 164 cm³/mol. The van der Waals surface area contributed by atoms with Crippen molar-refractivity contribution in [2.45, 2.75) is 60.0 Å². The Kier molecular flexibility index (Phi) is 56.2. The van der Waals surface area contributed by atoms with Gasteiger partial charge in [-0.05, 0) is 34.6 Å². The summed E-state index contributed by atoms with van der Waals surface area (Å²) in [4.78, 5) is 19.3. The Labute approximate surface area is 251 Å². The predicted octanol–water partition coefficient (Wildman–Crippen LogP) is 1.46. The van der Waals surface area contributed by atoms with Crippen molar-refractivity contribution in [2.24, 2.45) is 10.8 Å². The number of ether oxygens (including phenoxy) is 1. The molecule has 10 N–H and O–H groups in total. The number of carboxylic acid groups (broad SMARTS) is 2. The Morgan fingerprint density at radius 1 is 0.548 bits per heavy atom. The molecule has 0 rings (SSSR count). The second-order valence-corrected chi connectivity index (χ2v) is 7.84. The third kappa shape index (κ3) is 37.3. The lowest BCUT2D eigenvalue weighted by molar-refractivity contribution is -0.310. The van der Waals surface area contributed by atoms with E-state index in [2.05, 4.69) is 37.6 Å². The van der Waals surface area contributed by atoms with Crippen LogP contribution in [-0.2, 0) is 14.3 Å². The van der Waals surface area contributed by atoms with Gasteiger partial charge >= 0.3 is 11.9 Å². The summed E-state index contributed by atoms with van der Waals surface area (Å²) in [5, 5.41) is 89.4. The van der Waals surface area contributed by atoms with Crippen molar-refractivity contribution in [2.75, 3.05) is 39.6 Å². The number of carbonyl (C=O) groups is 2. The number of aliphatic carboxylic acids is 2. The third-order valence-corrected chi connectivity index (χ3v) is 3.75. The van der Waals surface area contributed by atoms with Crippen molar-refractivity contribution >= 4 is 11.9 Å². The van der Waals surface area contributed by atoms with E-state index in [1.54, 1.807) is 30.4 Å². The molecule has 42 heavy (non-hydrogen) atoms. The summed E-state index contributed by atoms with van der Waals surface area (Å²) in [5.41, 5.74) is -3.65. The Morgan fingerprint density at radius 3 is 0.786 bits per heavy atom. The Morgan fingerprint density at radius 2 is 0.690 bits per heavy atom.